The molecule has 0 aliphatic rings. The summed E-state index contributed by atoms with van der Waals surface area (Å²) in [6.07, 6.45) is 0.267. The number of carbonyl (C=O) groups excluding carboxylic acids is 1. The minimum atomic E-state index is -0.500. The van der Waals surface area contributed by atoms with Gasteiger partial charge in [0.1, 0.15) is 5.75 Å². The zero-order valence-corrected chi connectivity index (χ0v) is 12.5. The van der Waals surface area contributed by atoms with Gasteiger partial charge in [-0.25, -0.2) is 0 Å². The summed E-state index contributed by atoms with van der Waals surface area (Å²) in [6, 6.07) is 7.74. The highest BCUT2D eigenvalue weighted by Gasteiger charge is 2.14. The van der Waals surface area contributed by atoms with Crippen LogP contribution in [0.25, 0.3) is 0 Å². The first-order valence-electron chi connectivity index (χ1n) is 6.25. The Balaban J connectivity index is 0.00000324. The molecule has 0 bridgehead atoms. The second-order valence-corrected chi connectivity index (χ2v) is 4.63. The maximum atomic E-state index is 11.7. The van der Waals surface area contributed by atoms with Crippen molar-refractivity contribution >= 4 is 18.3 Å². The Labute approximate surface area is 121 Å². The fourth-order valence-electron chi connectivity index (χ4n) is 1.51. The van der Waals surface area contributed by atoms with Crippen LogP contribution < -0.4 is 15.8 Å². The number of amides is 1. The van der Waals surface area contributed by atoms with E-state index in [2.05, 4.69) is 5.32 Å². The molecule has 4 nitrogen and oxygen atoms in total. The number of ether oxygens (including phenoxy) is 1. The molecule has 0 saturated carbocycles. The predicted molar refractivity (Wildman–Crippen MR) is 79.8 cm³/mol. The molecule has 0 heterocycles. The number of nitrogens with one attached hydrogen (secondary N) is 1. The summed E-state index contributed by atoms with van der Waals surface area (Å²) < 4.78 is 5.57. The van der Waals surface area contributed by atoms with Gasteiger partial charge in [-0.15, -0.1) is 12.4 Å². The van der Waals surface area contributed by atoms with Crippen LogP contribution in [0.15, 0.2) is 24.3 Å². The van der Waals surface area contributed by atoms with Crippen LogP contribution in [0, 0.1) is 6.92 Å². The molecule has 0 aliphatic heterocycles. The summed E-state index contributed by atoms with van der Waals surface area (Å²) in [5, 5.41) is 2.80. The number of rotatable bonds is 6. The minimum absolute atomic E-state index is 0. The van der Waals surface area contributed by atoms with Gasteiger partial charge in [0.25, 0.3) is 5.91 Å². The van der Waals surface area contributed by atoms with Gasteiger partial charge in [0.2, 0.25) is 0 Å². The van der Waals surface area contributed by atoms with E-state index in [1.54, 1.807) is 6.92 Å². The highest BCUT2D eigenvalue weighted by molar-refractivity contribution is 5.85. The van der Waals surface area contributed by atoms with E-state index < -0.39 is 6.10 Å². The molecule has 1 amide bonds. The molecule has 0 radical (unpaired) electrons. The van der Waals surface area contributed by atoms with E-state index in [0.717, 1.165) is 12.0 Å². The highest BCUT2D eigenvalue weighted by Crippen LogP contribution is 2.14. The van der Waals surface area contributed by atoms with Crippen molar-refractivity contribution < 1.29 is 9.53 Å². The Hall–Kier alpha value is -1.26. The van der Waals surface area contributed by atoms with E-state index in [1.165, 1.54) is 0 Å². The Kier molecular flexibility index (Phi) is 8.19. The molecule has 0 fully saturated rings. The summed E-state index contributed by atoms with van der Waals surface area (Å²) in [5.74, 6) is 0.599. The summed E-state index contributed by atoms with van der Waals surface area (Å²) in [6.45, 7) is 6.22. The molecule has 0 aliphatic carbocycles. The van der Waals surface area contributed by atoms with E-state index in [4.69, 9.17) is 10.5 Å². The molecule has 3 N–H and O–H groups in total. The lowest BCUT2D eigenvalue weighted by Gasteiger charge is -2.15. The largest absolute Gasteiger partial charge is 0.481 e. The van der Waals surface area contributed by atoms with Crippen LogP contribution in [0.1, 0.15) is 25.8 Å². The van der Waals surface area contributed by atoms with Crippen LogP contribution in [0.2, 0.25) is 0 Å². The second-order valence-electron chi connectivity index (χ2n) is 4.63. The standard InChI is InChI=1S/C14H22N2O2.ClH/c1-10-5-4-6-13(9-10)18-12(3)14(17)16-8-7-11(2)15;/h4-6,9,11-12H,7-8,15H2,1-3H3,(H,16,17);1H. The van der Waals surface area contributed by atoms with E-state index in [-0.39, 0.29) is 24.4 Å². The lowest BCUT2D eigenvalue weighted by atomic mass is 10.2. The van der Waals surface area contributed by atoms with Crippen LogP contribution in [-0.4, -0.2) is 24.6 Å². The fraction of sp³-hybridized carbons (Fsp3) is 0.500. The summed E-state index contributed by atoms with van der Waals surface area (Å²) in [4.78, 5) is 11.7. The second kappa shape index (κ2) is 8.77. The van der Waals surface area contributed by atoms with Gasteiger partial charge in [-0.2, -0.15) is 0 Å². The molecule has 5 heteroatoms. The van der Waals surface area contributed by atoms with Crippen LogP contribution >= 0.6 is 12.4 Å². The molecular formula is C14H23ClN2O2. The number of aryl methyl sites for hydroxylation is 1. The van der Waals surface area contributed by atoms with Crippen LogP contribution in [0.5, 0.6) is 5.75 Å². The van der Waals surface area contributed by atoms with Crippen LogP contribution in [-0.2, 0) is 4.79 Å². The smallest absolute Gasteiger partial charge is 0.260 e. The number of halogens is 1. The SMILES string of the molecule is Cc1cccc(OC(C)C(=O)NCCC(C)N)c1.Cl. The van der Waals surface area contributed by atoms with Crippen molar-refractivity contribution in [3.8, 4) is 5.75 Å². The molecule has 0 saturated heterocycles. The van der Waals surface area contributed by atoms with Crippen molar-refractivity contribution in [3.63, 3.8) is 0 Å². The monoisotopic (exact) mass is 286 g/mol. The summed E-state index contributed by atoms with van der Waals surface area (Å²) in [7, 11) is 0. The highest BCUT2D eigenvalue weighted by atomic mass is 35.5. The summed E-state index contributed by atoms with van der Waals surface area (Å²) >= 11 is 0. The molecule has 0 aromatic heterocycles. The van der Waals surface area contributed by atoms with Gasteiger partial charge in [0, 0.05) is 12.6 Å². The number of nitrogens with two attached hydrogens (primary N) is 1. The maximum absolute atomic E-state index is 11.7. The van der Waals surface area contributed by atoms with Crippen molar-refractivity contribution in [3.05, 3.63) is 29.8 Å². The van der Waals surface area contributed by atoms with Crippen molar-refractivity contribution in [2.75, 3.05) is 6.54 Å². The zero-order chi connectivity index (χ0) is 13.5. The third-order valence-electron chi connectivity index (χ3n) is 2.57. The molecular weight excluding hydrogens is 264 g/mol. The van der Waals surface area contributed by atoms with Gasteiger partial charge >= 0.3 is 0 Å². The van der Waals surface area contributed by atoms with E-state index in [0.29, 0.717) is 12.3 Å². The zero-order valence-electron chi connectivity index (χ0n) is 11.7. The van der Waals surface area contributed by atoms with Gasteiger partial charge in [-0.05, 0) is 44.9 Å². The number of benzene rings is 1. The minimum Gasteiger partial charge on any atom is -0.481 e. The Morgan fingerprint density at radius 1 is 1.42 bits per heavy atom. The van der Waals surface area contributed by atoms with Crippen LogP contribution in [0.4, 0.5) is 0 Å². The Morgan fingerprint density at radius 2 is 2.11 bits per heavy atom. The molecule has 1 aromatic carbocycles. The van der Waals surface area contributed by atoms with Gasteiger partial charge in [-0.1, -0.05) is 12.1 Å². The van der Waals surface area contributed by atoms with Gasteiger partial charge < -0.3 is 15.8 Å². The normalized spacial score (nSPS) is 13.1. The third-order valence-corrected chi connectivity index (χ3v) is 2.57. The molecule has 108 valence electrons. The van der Waals surface area contributed by atoms with Crippen molar-refractivity contribution in [2.24, 2.45) is 5.73 Å². The van der Waals surface area contributed by atoms with Gasteiger partial charge in [-0.3, -0.25) is 4.79 Å². The van der Waals surface area contributed by atoms with Crippen molar-refractivity contribution in [2.45, 2.75) is 39.3 Å². The molecule has 19 heavy (non-hydrogen) atoms. The predicted octanol–water partition coefficient (Wildman–Crippen LogP) is 2.04. The van der Waals surface area contributed by atoms with Crippen LogP contribution in [0.3, 0.4) is 0 Å². The topological polar surface area (TPSA) is 64.3 Å². The quantitative estimate of drug-likeness (QED) is 0.841. The third kappa shape index (κ3) is 7.03. The molecule has 2 atom stereocenters. The molecule has 1 aromatic rings. The lowest BCUT2D eigenvalue weighted by molar-refractivity contribution is -0.127. The number of carbonyl (C=O) groups is 1. The fourth-order valence-corrected chi connectivity index (χ4v) is 1.51. The van der Waals surface area contributed by atoms with Gasteiger partial charge in [0.05, 0.1) is 0 Å². The average molecular weight is 287 g/mol. The van der Waals surface area contributed by atoms with E-state index >= 15 is 0 Å². The first-order valence-corrected chi connectivity index (χ1v) is 6.25. The summed E-state index contributed by atoms with van der Waals surface area (Å²) in [5.41, 5.74) is 6.72. The van der Waals surface area contributed by atoms with Gasteiger partial charge in [0.15, 0.2) is 6.10 Å². The van der Waals surface area contributed by atoms with Crippen molar-refractivity contribution in [1.82, 2.24) is 5.32 Å². The molecule has 1 rings (SSSR count). The maximum Gasteiger partial charge on any atom is 0.260 e. The Bertz CT molecular complexity index is 397. The van der Waals surface area contributed by atoms with E-state index in [9.17, 15) is 4.79 Å². The first-order chi connectivity index (χ1) is 8.49. The molecule has 2 unspecified atom stereocenters. The Morgan fingerprint density at radius 3 is 2.68 bits per heavy atom. The first kappa shape index (κ1) is 17.7. The molecule has 0 spiro atoms. The number of hydrogen-bond acceptors (Lipinski definition) is 3. The van der Waals surface area contributed by atoms with E-state index in [1.807, 2.05) is 38.1 Å². The number of hydrogen-bond donors (Lipinski definition) is 2. The average Bonchev–Trinajstić information content (AvgIpc) is 2.28. The lowest BCUT2D eigenvalue weighted by Crippen LogP contribution is -2.38. The van der Waals surface area contributed by atoms with Crippen molar-refractivity contribution in [1.29, 1.82) is 0 Å².